The maximum atomic E-state index is 13.7. The third-order valence-corrected chi connectivity index (χ3v) is 6.83. The lowest BCUT2D eigenvalue weighted by Crippen LogP contribution is -2.48. The second-order valence-corrected chi connectivity index (χ2v) is 9.92. The van der Waals surface area contributed by atoms with E-state index in [1.807, 2.05) is 45.0 Å². The van der Waals surface area contributed by atoms with Crippen molar-refractivity contribution in [3.05, 3.63) is 65.2 Å². The third-order valence-electron chi connectivity index (χ3n) is 6.83. The topological polar surface area (TPSA) is 87.1 Å². The van der Waals surface area contributed by atoms with Gasteiger partial charge in [-0.2, -0.15) is 5.10 Å². The minimum atomic E-state index is -0.831. The van der Waals surface area contributed by atoms with Gasteiger partial charge in [-0.15, -0.1) is 0 Å². The average Bonchev–Trinajstić information content (AvgIpc) is 3.25. The minimum absolute atomic E-state index is 0.0966. The maximum Gasteiger partial charge on any atom is 0.240 e. The van der Waals surface area contributed by atoms with Crippen molar-refractivity contribution in [1.29, 1.82) is 0 Å². The highest BCUT2D eigenvalue weighted by Crippen LogP contribution is 2.53. The van der Waals surface area contributed by atoms with Gasteiger partial charge in [0.2, 0.25) is 11.8 Å². The van der Waals surface area contributed by atoms with E-state index in [-0.39, 0.29) is 17.5 Å². The highest BCUT2D eigenvalue weighted by atomic mass is 16.2. The summed E-state index contributed by atoms with van der Waals surface area (Å²) in [5.74, 6) is -2.51. The molecular formula is C26H25N3O4. The molecule has 0 bridgehead atoms. The third kappa shape index (κ3) is 3.06. The zero-order valence-corrected chi connectivity index (χ0v) is 19.0. The van der Waals surface area contributed by atoms with Gasteiger partial charge in [0.1, 0.15) is 6.04 Å². The Bertz CT molecular complexity index is 1220. The number of rotatable bonds is 3. The standard InChI is InChI=1S/C26H25N3O4/c1-14(30)15-9-11-17(12-10-15)28-24(32)19-20(25(28)33)22(23(31)26(2,3)4)29-21(19)18-8-6-5-7-16(18)13-27-29/h5-13,19-22H,1-4H3/t19-,20+,21+,22-/m0/s1. The summed E-state index contributed by atoms with van der Waals surface area (Å²) in [6.07, 6.45) is 1.70. The van der Waals surface area contributed by atoms with Crippen molar-refractivity contribution in [1.82, 2.24) is 5.01 Å². The molecule has 33 heavy (non-hydrogen) atoms. The van der Waals surface area contributed by atoms with E-state index in [1.54, 1.807) is 35.5 Å². The first-order chi connectivity index (χ1) is 15.6. The largest absolute Gasteiger partial charge is 0.297 e. The van der Waals surface area contributed by atoms with E-state index in [0.29, 0.717) is 11.3 Å². The Balaban J connectivity index is 1.63. The van der Waals surface area contributed by atoms with Gasteiger partial charge in [0.25, 0.3) is 0 Å². The number of ketones is 2. The number of amides is 2. The van der Waals surface area contributed by atoms with Gasteiger partial charge in [0.05, 0.1) is 29.8 Å². The van der Waals surface area contributed by atoms with Crippen LogP contribution in [0.15, 0.2) is 53.6 Å². The van der Waals surface area contributed by atoms with E-state index in [9.17, 15) is 19.2 Å². The molecule has 3 heterocycles. The first-order valence-electron chi connectivity index (χ1n) is 11.1. The number of fused-ring (bicyclic) bond motifs is 5. The molecule has 0 radical (unpaired) electrons. The number of hydrogen-bond donors (Lipinski definition) is 0. The molecule has 2 amide bonds. The summed E-state index contributed by atoms with van der Waals surface area (Å²) in [5.41, 5.74) is 1.97. The molecule has 2 aromatic carbocycles. The number of nitrogens with zero attached hydrogens (tertiary/aromatic N) is 3. The van der Waals surface area contributed by atoms with Crippen LogP contribution in [0.3, 0.4) is 0 Å². The van der Waals surface area contributed by atoms with Crippen molar-refractivity contribution in [3.8, 4) is 0 Å². The number of hydrazone groups is 1. The second-order valence-electron chi connectivity index (χ2n) is 9.92. The second kappa shape index (κ2) is 7.20. The molecule has 168 valence electrons. The van der Waals surface area contributed by atoms with Gasteiger partial charge in [0, 0.05) is 11.0 Å². The fourth-order valence-electron chi connectivity index (χ4n) is 5.21. The quantitative estimate of drug-likeness (QED) is 0.536. The summed E-state index contributed by atoms with van der Waals surface area (Å²) in [6.45, 7) is 6.92. The zero-order valence-electron chi connectivity index (χ0n) is 19.0. The molecule has 3 aliphatic heterocycles. The van der Waals surface area contributed by atoms with Crippen LogP contribution in [0.25, 0.3) is 0 Å². The fourth-order valence-corrected chi connectivity index (χ4v) is 5.21. The van der Waals surface area contributed by atoms with Crippen LogP contribution < -0.4 is 4.90 Å². The zero-order chi connectivity index (χ0) is 23.7. The van der Waals surface area contributed by atoms with Crippen molar-refractivity contribution < 1.29 is 19.2 Å². The molecule has 0 spiro atoms. The van der Waals surface area contributed by atoms with Crippen LogP contribution in [0.2, 0.25) is 0 Å². The van der Waals surface area contributed by atoms with Crippen LogP contribution in [-0.2, 0) is 14.4 Å². The molecule has 0 N–H and O–H groups in total. The van der Waals surface area contributed by atoms with Gasteiger partial charge in [-0.05, 0) is 42.3 Å². The molecule has 0 aliphatic carbocycles. The van der Waals surface area contributed by atoms with Crippen molar-refractivity contribution in [2.75, 3.05) is 4.90 Å². The minimum Gasteiger partial charge on any atom is -0.297 e. The first kappa shape index (κ1) is 21.2. The van der Waals surface area contributed by atoms with Gasteiger partial charge >= 0.3 is 0 Å². The molecule has 2 aromatic rings. The number of carbonyl (C=O) groups excluding carboxylic acids is 4. The number of anilines is 1. The Morgan fingerprint density at radius 2 is 1.55 bits per heavy atom. The van der Waals surface area contributed by atoms with Crippen LogP contribution >= 0.6 is 0 Å². The molecular weight excluding hydrogens is 418 g/mol. The normalized spacial score (nSPS) is 25.7. The Kier molecular flexibility index (Phi) is 4.64. The average molecular weight is 444 g/mol. The van der Waals surface area contributed by atoms with E-state index < -0.39 is 35.2 Å². The van der Waals surface area contributed by atoms with Crippen molar-refractivity contribution >= 4 is 35.3 Å². The first-order valence-corrected chi connectivity index (χ1v) is 11.1. The number of carbonyl (C=O) groups is 4. The molecule has 2 saturated heterocycles. The lowest BCUT2D eigenvalue weighted by molar-refractivity contribution is -0.136. The van der Waals surface area contributed by atoms with Crippen LogP contribution in [0, 0.1) is 17.3 Å². The smallest absolute Gasteiger partial charge is 0.240 e. The summed E-state index contributed by atoms with van der Waals surface area (Å²) in [4.78, 5) is 53.9. The van der Waals surface area contributed by atoms with E-state index >= 15 is 0 Å². The van der Waals surface area contributed by atoms with Crippen LogP contribution in [0.5, 0.6) is 0 Å². The highest BCUT2D eigenvalue weighted by Gasteiger charge is 2.66. The van der Waals surface area contributed by atoms with E-state index in [2.05, 4.69) is 5.10 Å². The lowest BCUT2D eigenvalue weighted by atomic mass is 9.79. The number of imide groups is 1. The maximum absolute atomic E-state index is 13.7. The molecule has 4 atom stereocenters. The van der Waals surface area contributed by atoms with Gasteiger partial charge in [0.15, 0.2) is 11.6 Å². The van der Waals surface area contributed by atoms with Gasteiger partial charge in [-0.25, -0.2) is 4.90 Å². The number of Topliss-reactive ketones (excluding diaryl/α,β-unsaturated/α-hetero) is 2. The SMILES string of the molecule is CC(=O)c1ccc(N2C(=O)[C@@H]3[C@H](C2=O)[C@H]2c4ccccc4C=NN2[C@@H]3C(=O)C(C)(C)C)cc1. The summed E-state index contributed by atoms with van der Waals surface area (Å²) in [5, 5.41) is 6.23. The summed E-state index contributed by atoms with van der Waals surface area (Å²) < 4.78 is 0. The van der Waals surface area contributed by atoms with Gasteiger partial charge < -0.3 is 0 Å². The van der Waals surface area contributed by atoms with Crippen molar-refractivity contribution in [3.63, 3.8) is 0 Å². The van der Waals surface area contributed by atoms with E-state index in [4.69, 9.17) is 0 Å². The number of benzene rings is 2. The molecule has 0 aromatic heterocycles. The Morgan fingerprint density at radius 1 is 0.909 bits per heavy atom. The van der Waals surface area contributed by atoms with Crippen LogP contribution in [-0.4, -0.2) is 40.6 Å². The predicted molar refractivity (Wildman–Crippen MR) is 123 cm³/mol. The van der Waals surface area contributed by atoms with E-state index in [1.165, 1.54) is 11.8 Å². The van der Waals surface area contributed by atoms with Crippen molar-refractivity contribution in [2.24, 2.45) is 22.4 Å². The molecule has 7 nitrogen and oxygen atoms in total. The number of hydrogen-bond acceptors (Lipinski definition) is 6. The van der Waals surface area contributed by atoms with E-state index in [0.717, 1.165) is 11.1 Å². The predicted octanol–water partition coefficient (Wildman–Crippen LogP) is 3.38. The van der Waals surface area contributed by atoms with Crippen molar-refractivity contribution in [2.45, 2.75) is 39.8 Å². The molecule has 5 rings (SSSR count). The van der Waals surface area contributed by atoms with Gasteiger partial charge in [-0.1, -0.05) is 45.0 Å². The summed E-state index contributed by atoms with van der Waals surface area (Å²) in [7, 11) is 0. The Hall–Kier alpha value is -3.61. The monoisotopic (exact) mass is 443 g/mol. The molecule has 0 saturated carbocycles. The highest BCUT2D eigenvalue weighted by molar-refractivity contribution is 6.24. The Morgan fingerprint density at radius 3 is 2.18 bits per heavy atom. The van der Waals surface area contributed by atoms with Gasteiger partial charge in [-0.3, -0.25) is 24.2 Å². The molecule has 7 heteroatoms. The molecule has 2 fully saturated rings. The van der Waals surface area contributed by atoms with Crippen LogP contribution in [0.4, 0.5) is 5.69 Å². The summed E-state index contributed by atoms with van der Waals surface area (Å²) >= 11 is 0. The lowest BCUT2D eigenvalue weighted by Gasteiger charge is -2.35. The molecule has 0 unspecified atom stereocenters. The van der Waals surface area contributed by atoms with Crippen LogP contribution in [0.1, 0.15) is 55.2 Å². The molecule has 3 aliphatic rings. The fraction of sp³-hybridized carbons (Fsp3) is 0.346. The Labute approximate surface area is 192 Å². The summed E-state index contributed by atoms with van der Waals surface area (Å²) in [6, 6.07) is 12.8.